The molecular weight excluding hydrogens is 365 g/mol. The topological polar surface area (TPSA) is 83.6 Å². The number of likely N-dealkylation sites (tertiary alicyclic amines) is 1. The van der Waals surface area contributed by atoms with Crippen LogP contribution in [-0.2, 0) is 4.79 Å². The van der Waals surface area contributed by atoms with Crippen LogP contribution >= 0.6 is 0 Å². The molecule has 1 aromatic heterocycles. The largest absolute Gasteiger partial charge is 0.468 e. The Morgan fingerprint density at radius 2 is 1.89 bits per heavy atom. The van der Waals surface area contributed by atoms with Gasteiger partial charge in [-0.15, -0.1) is 0 Å². The molecule has 2 heterocycles. The monoisotopic (exact) mass is 386 g/mol. The summed E-state index contributed by atoms with van der Waals surface area (Å²) >= 11 is 0. The van der Waals surface area contributed by atoms with Gasteiger partial charge in [-0.2, -0.15) is 13.2 Å². The van der Waals surface area contributed by atoms with E-state index in [4.69, 9.17) is 0 Å². The predicted molar refractivity (Wildman–Crippen MR) is 90.3 cm³/mol. The number of alkyl halides is 3. The summed E-state index contributed by atoms with van der Waals surface area (Å²) in [5, 5.41) is 5.42. The molecule has 148 valence electrons. The lowest BCUT2D eigenvalue weighted by atomic mass is 10.0. The number of nitrogens with zero attached hydrogens (tertiary/aromatic N) is 2. The first-order chi connectivity index (χ1) is 12.8. The average molecular weight is 386 g/mol. The number of carbonyl (C=O) groups is 2. The van der Waals surface area contributed by atoms with Crippen LogP contribution in [0.4, 0.5) is 23.7 Å². The van der Waals surface area contributed by atoms with Crippen LogP contribution in [0.25, 0.3) is 0 Å². The van der Waals surface area contributed by atoms with Gasteiger partial charge in [-0.3, -0.25) is 4.79 Å². The summed E-state index contributed by atoms with van der Waals surface area (Å²) in [4.78, 5) is 29.6. The number of hydrogen-bond acceptors (Lipinski definition) is 4. The number of nitrogens with one attached hydrogen (secondary N) is 2. The van der Waals surface area contributed by atoms with Gasteiger partial charge >= 0.3 is 12.2 Å². The molecule has 1 saturated heterocycles. The van der Waals surface area contributed by atoms with Crippen LogP contribution in [0.15, 0.2) is 18.3 Å². The summed E-state index contributed by atoms with van der Waals surface area (Å²) in [6.45, 7) is -0.157. The molecule has 1 aliphatic carbocycles. The Kier molecular flexibility index (Phi) is 5.71. The van der Waals surface area contributed by atoms with Gasteiger partial charge in [0.2, 0.25) is 11.8 Å². The highest BCUT2D eigenvalue weighted by Gasteiger charge is 2.35. The van der Waals surface area contributed by atoms with Crippen LogP contribution in [-0.4, -0.2) is 53.7 Å². The molecular formula is C17H21F3N4O3. The van der Waals surface area contributed by atoms with Crippen LogP contribution in [0, 0.1) is 5.92 Å². The van der Waals surface area contributed by atoms with Crippen molar-refractivity contribution in [1.29, 1.82) is 0 Å². The number of ether oxygens (including phenoxy) is 1. The van der Waals surface area contributed by atoms with Gasteiger partial charge in [0, 0.05) is 31.1 Å². The van der Waals surface area contributed by atoms with Crippen LogP contribution < -0.4 is 15.4 Å². The second kappa shape index (κ2) is 8.01. The molecule has 0 unspecified atom stereocenters. The van der Waals surface area contributed by atoms with E-state index in [1.807, 2.05) is 4.90 Å². The molecule has 0 atom stereocenters. The van der Waals surface area contributed by atoms with E-state index in [-0.39, 0.29) is 23.7 Å². The second-order valence-electron chi connectivity index (χ2n) is 6.76. The van der Waals surface area contributed by atoms with Crippen LogP contribution in [0.5, 0.6) is 5.88 Å². The van der Waals surface area contributed by atoms with E-state index in [1.165, 1.54) is 18.3 Å². The van der Waals surface area contributed by atoms with Crippen LogP contribution in [0.2, 0.25) is 0 Å². The van der Waals surface area contributed by atoms with Gasteiger partial charge in [0.15, 0.2) is 6.61 Å². The standard InChI is InChI=1S/C17H21F3N4O3/c18-17(19,20)10-27-14-4-3-13(9-21-14)23-16(26)22-12-5-7-24(8-6-12)15(25)11-1-2-11/h3-4,9,11-12H,1-2,5-8,10H2,(H2,22,23,26). The number of hydrogen-bond donors (Lipinski definition) is 2. The molecule has 1 aromatic rings. The number of urea groups is 1. The molecule has 2 aliphatic rings. The number of anilines is 1. The van der Waals surface area contributed by atoms with E-state index in [0.717, 1.165) is 12.8 Å². The molecule has 0 radical (unpaired) electrons. The van der Waals surface area contributed by atoms with Gasteiger partial charge in [-0.25, -0.2) is 9.78 Å². The van der Waals surface area contributed by atoms with Crippen molar-refractivity contribution in [3.05, 3.63) is 18.3 Å². The van der Waals surface area contributed by atoms with Crippen molar-refractivity contribution in [2.45, 2.75) is 37.9 Å². The molecule has 7 nitrogen and oxygen atoms in total. The highest BCUT2D eigenvalue weighted by Crippen LogP contribution is 2.31. The number of carbonyl (C=O) groups excluding carboxylic acids is 2. The lowest BCUT2D eigenvalue weighted by Gasteiger charge is -2.32. The maximum Gasteiger partial charge on any atom is 0.422 e. The molecule has 3 amide bonds. The fourth-order valence-electron chi connectivity index (χ4n) is 2.88. The minimum Gasteiger partial charge on any atom is -0.468 e. The molecule has 10 heteroatoms. The summed E-state index contributed by atoms with van der Waals surface area (Å²) in [7, 11) is 0. The first-order valence-electron chi connectivity index (χ1n) is 8.82. The Balaban J connectivity index is 1.39. The molecule has 0 spiro atoms. The van der Waals surface area contributed by atoms with Crippen molar-refractivity contribution in [1.82, 2.24) is 15.2 Å². The zero-order valence-corrected chi connectivity index (χ0v) is 14.6. The summed E-state index contributed by atoms with van der Waals surface area (Å²) < 4.78 is 40.8. The fraction of sp³-hybridized carbons (Fsp3) is 0.588. The summed E-state index contributed by atoms with van der Waals surface area (Å²) in [6.07, 6.45) is 0.128. The second-order valence-corrected chi connectivity index (χ2v) is 6.76. The number of amides is 3. The van der Waals surface area contributed by atoms with Gasteiger partial charge in [0.05, 0.1) is 11.9 Å². The SMILES string of the molecule is O=C(Nc1ccc(OCC(F)(F)F)nc1)NC1CCN(C(=O)C2CC2)CC1. The molecule has 0 bridgehead atoms. The minimum atomic E-state index is -4.43. The highest BCUT2D eigenvalue weighted by molar-refractivity contribution is 5.89. The lowest BCUT2D eigenvalue weighted by molar-refractivity contribution is -0.154. The normalized spacial score (nSPS) is 18.1. The Labute approximate surface area is 154 Å². The van der Waals surface area contributed by atoms with Gasteiger partial charge in [0.1, 0.15) is 0 Å². The predicted octanol–water partition coefficient (Wildman–Crippen LogP) is 2.55. The van der Waals surface area contributed by atoms with Crippen LogP contribution in [0.3, 0.4) is 0 Å². The average Bonchev–Trinajstić information content (AvgIpc) is 3.45. The Morgan fingerprint density at radius 1 is 1.19 bits per heavy atom. The first kappa shape index (κ1) is 19.2. The molecule has 3 rings (SSSR count). The maximum atomic E-state index is 12.1. The summed E-state index contributed by atoms with van der Waals surface area (Å²) in [5.74, 6) is 0.246. The molecule has 0 aromatic carbocycles. The van der Waals surface area contributed by atoms with Crippen molar-refractivity contribution >= 4 is 17.6 Å². The van der Waals surface area contributed by atoms with E-state index in [2.05, 4.69) is 20.4 Å². The maximum absolute atomic E-state index is 12.1. The number of halogens is 3. The van der Waals surface area contributed by atoms with E-state index >= 15 is 0 Å². The zero-order chi connectivity index (χ0) is 19.4. The molecule has 2 N–H and O–H groups in total. The van der Waals surface area contributed by atoms with Gasteiger partial charge in [-0.05, 0) is 31.7 Å². The van der Waals surface area contributed by atoms with Crippen molar-refractivity contribution in [2.24, 2.45) is 5.92 Å². The third-order valence-electron chi connectivity index (χ3n) is 4.45. The highest BCUT2D eigenvalue weighted by atomic mass is 19.4. The zero-order valence-electron chi connectivity index (χ0n) is 14.6. The van der Waals surface area contributed by atoms with Gasteiger partial charge in [0.25, 0.3) is 0 Å². The van der Waals surface area contributed by atoms with E-state index < -0.39 is 18.8 Å². The molecule has 27 heavy (non-hydrogen) atoms. The van der Waals surface area contributed by atoms with Crippen LogP contribution in [0.1, 0.15) is 25.7 Å². The van der Waals surface area contributed by atoms with Crippen molar-refractivity contribution in [2.75, 3.05) is 25.0 Å². The van der Waals surface area contributed by atoms with E-state index in [1.54, 1.807) is 0 Å². The van der Waals surface area contributed by atoms with Gasteiger partial charge in [-0.1, -0.05) is 0 Å². The summed E-state index contributed by atoms with van der Waals surface area (Å²) in [6, 6.07) is 2.21. The number of pyridine rings is 1. The number of aromatic nitrogens is 1. The Hall–Kier alpha value is -2.52. The number of rotatable bonds is 5. The number of piperidine rings is 1. The third-order valence-corrected chi connectivity index (χ3v) is 4.45. The van der Waals surface area contributed by atoms with Crippen molar-refractivity contribution < 1.29 is 27.5 Å². The minimum absolute atomic E-state index is 0.0318. The summed E-state index contributed by atoms with van der Waals surface area (Å²) in [5.41, 5.74) is 0.341. The Morgan fingerprint density at radius 3 is 2.44 bits per heavy atom. The molecule has 1 aliphatic heterocycles. The van der Waals surface area contributed by atoms with Crippen molar-refractivity contribution in [3.63, 3.8) is 0 Å². The fourth-order valence-corrected chi connectivity index (χ4v) is 2.88. The van der Waals surface area contributed by atoms with E-state index in [0.29, 0.717) is 31.6 Å². The van der Waals surface area contributed by atoms with E-state index in [9.17, 15) is 22.8 Å². The first-order valence-corrected chi connectivity index (χ1v) is 8.82. The third kappa shape index (κ3) is 6.00. The smallest absolute Gasteiger partial charge is 0.422 e. The quantitative estimate of drug-likeness (QED) is 0.815. The molecule has 1 saturated carbocycles. The molecule has 2 fully saturated rings. The lowest BCUT2D eigenvalue weighted by Crippen LogP contribution is -2.47. The van der Waals surface area contributed by atoms with Gasteiger partial charge < -0.3 is 20.3 Å². The Bertz CT molecular complexity index is 669. The van der Waals surface area contributed by atoms with Crippen molar-refractivity contribution in [3.8, 4) is 5.88 Å².